The van der Waals surface area contributed by atoms with E-state index in [4.69, 9.17) is 9.47 Å². The minimum Gasteiger partial charge on any atom is -0.496 e. The number of rotatable bonds is 6. The first-order chi connectivity index (χ1) is 12.1. The third kappa shape index (κ3) is 4.02. The summed E-state index contributed by atoms with van der Waals surface area (Å²) >= 11 is 0. The molecule has 1 aliphatic heterocycles. The monoisotopic (exact) mass is 343 g/mol. The molecule has 0 radical (unpaired) electrons. The summed E-state index contributed by atoms with van der Waals surface area (Å²) in [6.45, 7) is 5.29. The smallest absolute Gasteiger partial charge is 0.249 e. The first-order valence-corrected chi connectivity index (χ1v) is 8.62. The minimum atomic E-state index is -0.425. The summed E-state index contributed by atoms with van der Waals surface area (Å²) in [6.07, 6.45) is 4.11. The topological polar surface area (TPSA) is 65.4 Å². The van der Waals surface area contributed by atoms with Crippen molar-refractivity contribution in [3.8, 4) is 5.75 Å². The van der Waals surface area contributed by atoms with Gasteiger partial charge in [0.15, 0.2) is 0 Å². The highest BCUT2D eigenvalue weighted by Gasteiger charge is 2.35. The molecule has 1 N–H and O–H groups in total. The molecule has 1 fully saturated rings. The first-order valence-electron chi connectivity index (χ1n) is 8.62. The van der Waals surface area contributed by atoms with Gasteiger partial charge in [-0.2, -0.15) is 5.10 Å². The van der Waals surface area contributed by atoms with Crippen LogP contribution in [-0.2, 0) is 16.1 Å². The van der Waals surface area contributed by atoms with Crippen LogP contribution < -0.4 is 10.1 Å². The van der Waals surface area contributed by atoms with E-state index in [-0.39, 0.29) is 17.9 Å². The number of carbonyl (C=O) groups is 1. The maximum absolute atomic E-state index is 12.7. The molecule has 0 bridgehead atoms. The Morgan fingerprint density at radius 2 is 2.36 bits per heavy atom. The third-order valence-corrected chi connectivity index (χ3v) is 4.73. The van der Waals surface area contributed by atoms with E-state index in [0.717, 1.165) is 23.3 Å². The Balaban J connectivity index is 1.63. The van der Waals surface area contributed by atoms with Gasteiger partial charge in [-0.3, -0.25) is 9.48 Å². The molecular formula is C19H25N3O3. The molecule has 2 heterocycles. The van der Waals surface area contributed by atoms with Crippen molar-refractivity contribution in [1.82, 2.24) is 15.1 Å². The first kappa shape index (κ1) is 17.5. The fourth-order valence-electron chi connectivity index (χ4n) is 3.31. The van der Waals surface area contributed by atoms with E-state index >= 15 is 0 Å². The number of nitrogens with one attached hydrogen (secondary N) is 1. The van der Waals surface area contributed by atoms with Crippen molar-refractivity contribution in [1.29, 1.82) is 0 Å². The lowest BCUT2D eigenvalue weighted by Gasteiger charge is -2.22. The predicted octanol–water partition coefficient (Wildman–Crippen LogP) is 2.48. The predicted molar refractivity (Wildman–Crippen MR) is 94.4 cm³/mol. The third-order valence-electron chi connectivity index (χ3n) is 4.73. The van der Waals surface area contributed by atoms with Crippen LogP contribution in [0.1, 0.15) is 30.5 Å². The lowest BCUT2D eigenvalue weighted by molar-refractivity contribution is -0.132. The zero-order valence-electron chi connectivity index (χ0n) is 14.9. The average molecular weight is 343 g/mol. The van der Waals surface area contributed by atoms with Crippen LogP contribution in [0.25, 0.3) is 0 Å². The Labute approximate surface area is 148 Å². The van der Waals surface area contributed by atoms with Crippen molar-refractivity contribution in [2.24, 2.45) is 5.92 Å². The van der Waals surface area contributed by atoms with Gasteiger partial charge >= 0.3 is 0 Å². The van der Waals surface area contributed by atoms with E-state index in [1.54, 1.807) is 13.3 Å². The molecule has 1 aromatic carbocycles. The maximum atomic E-state index is 12.7. The number of hydrogen-bond acceptors (Lipinski definition) is 4. The number of aromatic nitrogens is 2. The van der Waals surface area contributed by atoms with E-state index in [9.17, 15) is 4.79 Å². The number of carbonyl (C=O) groups excluding carboxylic acids is 1. The highest BCUT2D eigenvalue weighted by atomic mass is 16.5. The largest absolute Gasteiger partial charge is 0.496 e. The van der Waals surface area contributed by atoms with Gasteiger partial charge in [0.05, 0.1) is 13.2 Å². The average Bonchev–Trinajstić information content (AvgIpc) is 3.27. The number of aryl methyl sites for hydroxylation is 1. The van der Waals surface area contributed by atoms with Crippen LogP contribution in [0.2, 0.25) is 0 Å². The van der Waals surface area contributed by atoms with Gasteiger partial charge in [-0.25, -0.2) is 0 Å². The SMILES string of the molecule is COc1ccc([C@@H](C)NC(=O)[C@@H]2OCC[C@@H]2Cn2cccn2)cc1C. The van der Waals surface area contributed by atoms with Crippen LogP contribution in [0.5, 0.6) is 5.75 Å². The molecule has 0 unspecified atom stereocenters. The standard InChI is InChI=1S/C19H25N3O3/c1-13-11-15(5-6-17(13)24-3)14(2)21-19(23)18-16(7-10-25-18)12-22-9-4-8-20-22/h4-6,8-9,11,14,16,18H,7,10,12H2,1-3H3,(H,21,23)/t14-,16-,18-/m1/s1. The Morgan fingerprint density at radius 3 is 3.04 bits per heavy atom. The van der Waals surface area contributed by atoms with Crippen LogP contribution in [0, 0.1) is 12.8 Å². The van der Waals surface area contributed by atoms with Crippen molar-refractivity contribution >= 4 is 5.91 Å². The zero-order chi connectivity index (χ0) is 17.8. The van der Waals surface area contributed by atoms with Gasteiger partial charge < -0.3 is 14.8 Å². The number of amides is 1. The molecule has 1 amide bonds. The molecule has 2 aromatic rings. The van der Waals surface area contributed by atoms with Gasteiger partial charge in [-0.1, -0.05) is 12.1 Å². The van der Waals surface area contributed by atoms with E-state index in [0.29, 0.717) is 13.2 Å². The van der Waals surface area contributed by atoms with Crippen LogP contribution >= 0.6 is 0 Å². The van der Waals surface area contributed by atoms with Gasteiger partial charge in [-0.05, 0) is 43.5 Å². The number of nitrogens with zero attached hydrogens (tertiary/aromatic N) is 2. The van der Waals surface area contributed by atoms with E-state index in [1.807, 2.05) is 49.0 Å². The maximum Gasteiger partial charge on any atom is 0.249 e. The Hall–Kier alpha value is -2.34. The number of ether oxygens (including phenoxy) is 2. The van der Waals surface area contributed by atoms with E-state index in [1.165, 1.54) is 0 Å². The lowest BCUT2D eigenvalue weighted by Crippen LogP contribution is -2.40. The highest BCUT2D eigenvalue weighted by molar-refractivity contribution is 5.81. The van der Waals surface area contributed by atoms with Crippen molar-refractivity contribution in [2.45, 2.75) is 39.0 Å². The van der Waals surface area contributed by atoms with Crippen LogP contribution in [0.15, 0.2) is 36.7 Å². The van der Waals surface area contributed by atoms with Crippen LogP contribution in [-0.4, -0.2) is 35.5 Å². The molecule has 6 heteroatoms. The number of methoxy groups -OCH3 is 1. The van der Waals surface area contributed by atoms with Gasteiger partial charge in [-0.15, -0.1) is 0 Å². The summed E-state index contributed by atoms with van der Waals surface area (Å²) in [5.74, 6) is 0.932. The molecule has 6 nitrogen and oxygen atoms in total. The molecule has 134 valence electrons. The molecule has 1 aliphatic rings. The Bertz CT molecular complexity index is 715. The van der Waals surface area contributed by atoms with E-state index in [2.05, 4.69) is 10.4 Å². The molecular weight excluding hydrogens is 318 g/mol. The van der Waals surface area contributed by atoms with Crippen molar-refractivity contribution in [3.05, 3.63) is 47.8 Å². The molecule has 0 aliphatic carbocycles. The van der Waals surface area contributed by atoms with Crippen molar-refractivity contribution in [2.75, 3.05) is 13.7 Å². The summed E-state index contributed by atoms with van der Waals surface area (Å²) in [7, 11) is 1.66. The number of benzene rings is 1. The van der Waals surface area contributed by atoms with Gasteiger partial charge in [0, 0.05) is 31.5 Å². The molecule has 3 atom stereocenters. The minimum absolute atomic E-state index is 0.0596. The summed E-state index contributed by atoms with van der Waals surface area (Å²) in [5, 5.41) is 7.30. The summed E-state index contributed by atoms with van der Waals surface area (Å²) in [6, 6.07) is 7.75. The summed E-state index contributed by atoms with van der Waals surface area (Å²) < 4.78 is 12.8. The second-order valence-corrected chi connectivity index (χ2v) is 6.53. The molecule has 0 spiro atoms. The van der Waals surface area contributed by atoms with Gasteiger partial charge in [0.25, 0.3) is 0 Å². The van der Waals surface area contributed by atoms with Crippen LogP contribution in [0.4, 0.5) is 0 Å². The normalized spacial score (nSPS) is 21.1. The fraction of sp³-hybridized carbons (Fsp3) is 0.474. The van der Waals surface area contributed by atoms with E-state index < -0.39 is 6.10 Å². The molecule has 1 saturated heterocycles. The summed E-state index contributed by atoms with van der Waals surface area (Å²) in [5.41, 5.74) is 2.10. The zero-order valence-corrected chi connectivity index (χ0v) is 14.9. The van der Waals surface area contributed by atoms with Gasteiger partial charge in [0.2, 0.25) is 5.91 Å². The molecule has 3 rings (SSSR count). The van der Waals surface area contributed by atoms with Crippen molar-refractivity contribution < 1.29 is 14.3 Å². The Kier molecular flexibility index (Phi) is 5.38. The Morgan fingerprint density at radius 1 is 1.52 bits per heavy atom. The quantitative estimate of drug-likeness (QED) is 0.875. The van der Waals surface area contributed by atoms with Crippen LogP contribution in [0.3, 0.4) is 0 Å². The second-order valence-electron chi connectivity index (χ2n) is 6.53. The summed E-state index contributed by atoms with van der Waals surface area (Å²) in [4.78, 5) is 12.7. The second kappa shape index (κ2) is 7.70. The molecule has 0 saturated carbocycles. The molecule has 25 heavy (non-hydrogen) atoms. The lowest BCUT2D eigenvalue weighted by atomic mass is 9.99. The fourth-order valence-corrected chi connectivity index (χ4v) is 3.31. The van der Waals surface area contributed by atoms with Gasteiger partial charge in [0.1, 0.15) is 11.9 Å². The highest BCUT2D eigenvalue weighted by Crippen LogP contribution is 2.25. The molecule has 1 aromatic heterocycles. The van der Waals surface area contributed by atoms with Crippen molar-refractivity contribution in [3.63, 3.8) is 0 Å². The number of hydrogen-bond donors (Lipinski definition) is 1.